The fraction of sp³-hybridized carbons (Fsp3) is 0.389. The van der Waals surface area contributed by atoms with Gasteiger partial charge in [-0.25, -0.2) is 4.98 Å². The number of aryl methyl sites for hydroxylation is 1. The number of morpholine rings is 1. The number of nitrogens with zero attached hydrogens (tertiary/aromatic N) is 3. The number of amides is 2. The van der Waals surface area contributed by atoms with Gasteiger partial charge in [-0.2, -0.15) is 0 Å². The summed E-state index contributed by atoms with van der Waals surface area (Å²) >= 11 is 0. The van der Waals surface area contributed by atoms with Gasteiger partial charge >= 0.3 is 0 Å². The number of imidazole rings is 1. The molecule has 132 valence electrons. The molecule has 0 unspecified atom stereocenters. The first-order valence-corrected chi connectivity index (χ1v) is 8.32. The molecule has 1 N–H and O–H groups in total. The van der Waals surface area contributed by atoms with Crippen molar-refractivity contribution in [2.45, 2.75) is 25.1 Å². The lowest BCUT2D eigenvalue weighted by Crippen LogP contribution is -2.53. The van der Waals surface area contributed by atoms with Crippen LogP contribution in [0.25, 0.3) is 0 Å². The van der Waals surface area contributed by atoms with Crippen molar-refractivity contribution in [2.24, 2.45) is 0 Å². The normalized spacial score (nSPS) is 20.5. The molecule has 1 aliphatic heterocycles. The van der Waals surface area contributed by atoms with Crippen LogP contribution in [0.3, 0.4) is 0 Å². The van der Waals surface area contributed by atoms with E-state index in [4.69, 9.17) is 4.74 Å². The zero-order valence-electron chi connectivity index (χ0n) is 14.2. The Kier molecular flexibility index (Phi) is 5.45. The van der Waals surface area contributed by atoms with Crippen molar-refractivity contribution in [1.29, 1.82) is 0 Å². The lowest BCUT2D eigenvalue weighted by atomic mass is 9.97. The second-order valence-electron chi connectivity index (χ2n) is 6.04. The number of rotatable bonds is 6. The van der Waals surface area contributed by atoms with E-state index in [1.54, 1.807) is 24.5 Å². The highest BCUT2D eigenvalue weighted by molar-refractivity contribution is 5.86. The molecule has 1 aromatic heterocycles. The number of benzene rings is 1. The van der Waals surface area contributed by atoms with Crippen LogP contribution < -0.4 is 5.32 Å². The molecule has 3 rings (SSSR count). The Balaban J connectivity index is 1.61. The molecular formula is C18H22N4O3. The van der Waals surface area contributed by atoms with E-state index in [0.717, 1.165) is 18.5 Å². The molecule has 1 saturated heterocycles. The van der Waals surface area contributed by atoms with Crippen molar-refractivity contribution in [1.82, 2.24) is 19.8 Å². The fourth-order valence-electron chi connectivity index (χ4n) is 2.97. The molecule has 0 saturated carbocycles. The largest absolute Gasteiger partial charge is 0.356 e. The lowest BCUT2D eigenvalue weighted by Gasteiger charge is -2.38. The smallest absolute Gasteiger partial charge is 0.251 e. The lowest BCUT2D eigenvalue weighted by molar-refractivity contribution is -0.162. The van der Waals surface area contributed by atoms with E-state index in [2.05, 4.69) is 10.3 Å². The van der Waals surface area contributed by atoms with Gasteiger partial charge in [0.05, 0.1) is 12.4 Å². The van der Waals surface area contributed by atoms with E-state index in [0.29, 0.717) is 6.54 Å². The number of likely N-dealkylation sites (N-methyl/N-ethyl adjacent to an activating group) is 1. The SMILES string of the molecule is CN1C(=O)CO[C@H](C(=O)NCCCn2ccnc2)[C@H]1c1ccccc1. The van der Waals surface area contributed by atoms with E-state index in [1.165, 1.54) is 0 Å². The predicted octanol–water partition coefficient (Wildman–Crippen LogP) is 0.988. The number of aromatic nitrogens is 2. The van der Waals surface area contributed by atoms with Crippen LogP contribution in [0.2, 0.25) is 0 Å². The molecule has 7 nitrogen and oxygen atoms in total. The van der Waals surface area contributed by atoms with Crippen LogP contribution in [0.15, 0.2) is 49.1 Å². The molecular weight excluding hydrogens is 320 g/mol. The number of ether oxygens (including phenoxy) is 1. The van der Waals surface area contributed by atoms with Gasteiger partial charge in [-0.05, 0) is 12.0 Å². The van der Waals surface area contributed by atoms with Crippen molar-refractivity contribution < 1.29 is 14.3 Å². The van der Waals surface area contributed by atoms with E-state index >= 15 is 0 Å². The van der Waals surface area contributed by atoms with Gasteiger partial charge in [-0.3, -0.25) is 9.59 Å². The summed E-state index contributed by atoms with van der Waals surface area (Å²) in [6, 6.07) is 9.08. The highest BCUT2D eigenvalue weighted by atomic mass is 16.5. The summed E-state index contributed by atoms with van der Waals surface area (Å²) in [5.41, 5.74) is 0.886. The summed E-state index contributed by atoms with van der Waals surface area (Å²) in [7, 11) is 1.71. The summed E-state index contributed by atoms with van der Waals surface area (Å²) in [5.74, 6) is -0.322. The topological polar surface area (TPSA) is 76.5 Å². The Morgan fingerprint density at radius 3 is 2.88 bits per heavy atom. The summed E-state index contributed by atoms with van der Waals surface area (Å²) < 4.78 is 7.53. The first kappa shape index (κ1) is 17.2. The third-order valence-corrected chi connectivity index (χ3v) is 4.33. The van der Waals surface area contributed by atoms with Crippen LogP contribution in [0.4, 0.5) is 0 Å². The van der Waals surface area contributed by atoms with Crippen LogP contribution in [-0.2, 0) is 20.9 Å². The minimum absolute atomic E-state index is 0.0764. The van der Waals surface area contributed by atoms with Crippen LogP contribution in [0.1, 0.15) is 18.0 Å². The second kappa shape index (κ2) is 7.94. The summed E-state index contributed by atoms with van der Waals surface area (Å²) in [4.78, 5) is 30.2. The van der Waals surface area contributed by atoms with Gasteiger partial charge in [0.15, 0.2) is 6.10 Å². The number of carbonyl (C=O) groups is 2. The van der Waals surface area contributed by atoms with E-state index < -0.39 is 12.1 Å². The minimum atomic E-state index is -0.710. The quantitative estimate of drug-likeness (QED) is 0.794. The van der Waals surface area contributed by atoms with Crippen molar-refractivity contribution >= 4 is 11.8 Å². The van der Waals surface area contributed by atoms with Crippen LogP contribution in [-0.4, -0.2) is 52.6 Å². The Bertz CT molecular complexity index is 702. The maximum atomic E-state index is 12.6. The predicted molar refractivity (Wildman–Crippen MR) is 91.5 cm³/mol. The van der Waals surface area contributed by atoms with Crippen LogP contribution in [0, 0.1) is 0 Å². The third-order valence-electron chi connectivity index (χ3n) is 4.33. The molecule has 2 aromatic rings. The molecule has 25 heavy (non-hydrogen) atoms. The highest BCUT2D eigenvalue weighted by Crippen LogP contribution is 2.28. The first-order chi connectivity index (χ1) is 12.2. The van der Waals surface area contributed by atoms with Crippen LogP contribution >= 0.6 is 0 Å². The monoisotopic (exact) mass is 342 g/mol. The molecule has 1 aromatic carbocycles. The summed E-state index contributed by atoms with van der Waals surface area (Å²) in [6.07, 6.45) is 5.44. The Morgan fingerprint density at radius 2 is 2.16 bits per heavy atom. The van der Waals surface area contributed by atoms with Gasteiger partial charge in [-0.1, -0.05) is 30.3 Å². The Hall–Kier alpha value is -2.67. The van der Waals surface area contributed by atoms with Gasteiger partial charge in [0.2, 0.25) is 5.91 Å². The minimum Gasteiger partial charge on any atom is -0.356 e. The molecule has 0 radical (unpaired) electrons. The van der Waals surface area contributed by atoms with Gasteiger partial charge in [0.1, 0.15) is 6.61 Å². The second-order valence-corrected chi connectivity index (χ2v) is 6.04. The van der Waals surface area contributed by atoms with Crippen molar-refractivity contribution in [2.75, 3.05) is 20.2 Å². The number of nitrogens with one attached hydrogen (secondary N) is 1. The van der Waals surface area contributed by atoms with E-state index in [9.17, 15) is 9.59 Å². The van der Waals surface area contributed by atoms with Gasteiger partial charge < -0.3 is 19.5 Å². The Labute approximate surface area is 146 Å². The molecule has 2 atom stereocenters. The van der Waals surface area contributed by atoms with Gasteiger partial charge in [0.25, 0.3) is 5.91 Å². The first-order valence-electron chi connectivity index (χ1n) is 8.32. The van der Waals surface area contributed by atoms with Gasteiger partial charge in [0, 0.05) is 32.5 Å². The molecule has 0 spiro atoms. The summed E-state index contributed by atoms with van der Waals surface area (Å²) in [5, 5.41) is 2.91. The standard InChI is InChI=1S/C18H22N4O3/c1-21-15(23)12-25-17(16(21)14-6-3-2-4-7-14)18(24)20-8-5-10-22-11-9-19-13-22/h2-4,6-7,9,11,13,16-17H,5,8,10,12H2,1H3,(H,20,24)/t16-,17+/m1/s1. The third kappa shape index (κ3) is 4.06. The fourth-order valence-corrected chi connectivity index (χ4v) is 2.97. The molecule has 1 fully saturated rings. The average Bonchev–Trinajstić information content (AvgIpc) is 3.15. The Morgan fingerprint density at radius 1 is 1.36 bits per heavy atom. The number of hydrogen-bond acceptors (Lipinski definition) is 4. The van der Waals surface area contributed by atoms with Crippen molar-refractivity contribution in [3.8, 4) is 0 Å². The molecule has 1 aliphatic rings. The maximum Gasteiger partial charge on any atom is 0.251 e. The zero-order chi connectivity index (χ0) is 17.6. The number of carbonyl (C=O) groups excluding carboxylic acids is 2. The van der Waals surface area contributed by atoms with E-state index in [1.807, 2.05) is 41.1 Å². The highest BCUT2D eigenvalue weighted by Gasteiger charge is 2.39. The van der Waals surface area contributed by atoms with Crippen molar-refractivity contribution in [3.05, 3.63) is 54.6 Å². The van der Waals surface area contributed by atoms with Gasteiger partial charge in [-0.15, -0.1) is 0 Å². The molecule has 0 bridgehead atoms. The molecule has 2 amide bonds. The molecule has 0 aliphatic carbocycles. The maximum absolute atomic E-state index is 12.6. The number of hydrogen-bond donors (Lipinski definition) is 1. The summed E-state index contributed by atoms with van der Waals surface area (Å²) in [6.45, 7) is 1.25. The van der Waals surface area contributed by atoms with Crippen molar-refractivity contribution in [3.63, 3.8) is 0 Å². The van der Waals surface area contributed by atoms with E-state index in [-0.39, 0.29) is 18.4 Å². The zero-order valence-corrected chi connectivity index (χ0v) is 14.2. The van der Waals surface area contributed by atoms with Crippen LogP contribution in [0.5, 0.6) is 0 Å². The molecule has 7 heteroatoms. The average molecular weight is 342 g/mol. The molecule has 2 heterocycles.